The Bertz CT molecular complexity index is 913. The monoisotopic (exact) mass is 404 g/mol. The van der Waals surface area contributed by atoms with Gasteiger partial charge in [0.25, 0.3) is 11.6 Å². The number of halogens is 1. The summed E-state index contributed by atoms with van der Waals surface area (Å²) < 4.78 is 10.0. The molecule has 146 valence electrons. The van der Waals surface area contributed by atoms with E-state index in [4.69, 9.17) is 21.1 Å². The highest BCUT2D eigenvalue weighted by molar-refractivity contribution is 6.30. The van der Waals surface area contributed by atoms with Gasteiger partial charge in [0.2, 0.25) is 0 Å². The van der Waals surface area contributed by atoms with Crippen LogP contribution in [0.15, 0.2) is 48.5 Å². The lowest BCUT2D eigenvalue weighted by molar-refractivity contribution is -0.384. The number of hydrogen-bond donors (Lipinski definition) is 1. The number of carbonyl (C=O) groups is 2. The minimum Gasteiger partial charge on any atom is -0.494 e. The first-order chi connectivity index (χ1) is 13.4. The van der Waals surface area contributed by atoms with Crippen LogP contribution in [0.3, 0.4) is 0 Å². The van der Waals surface area contributed by atoms with Crippen LogP contribution in [0.25, 0.3) is 6.08 Å². The molecule has 8 nitrogen and oxygen atoms in total. The van der Waals surface area contributed by atoms with Crippen LogP contribution in [0.1, 0.15) is 12.5 Å². The molecule has 28 heavy (non-hydrogen) atoms. The van der Waals surface area contributed by atoms with Gasteiger partial charge in [0, 0.05) is 11.1 Å². The Morgan fingerprint density at radius 1 is 1.25 bits per heavy atom. The van der Waals surface area contributed by atoms with Gasteiger partial charge in [-0.15, -0.1) is 0 Å². The summed E-state index contributed by atoms with van der Waals surface area (Å²) in [7, 11) is 0. The lowest BCUT2D eigenvalue weighted by Gasteiger charge is -2.08. The quantitative estimate of drug-likeness (QED) is 0.310. The third-order valence-corrected chi connectivity index (χ3v) is 3.59. The number of amides is 1. The van der Waals surface area contributed by atoms with Crippen LogP contribution in [0.5, 0.6) is 5.75 Å². The van der Waals surface area contributed by atoms with E-state index in [-0.39, 0.29) is 11.4 Å². The normalized spacial score (nSPS) is 10.5. The van der Waals surface area contributed by atoms with E-state index >= 15 is 0 Å². The molecule has 1 N–H and O–H groups in total. The third-order valence-electron chi connectivity index (χ3n) is 3.36. The Hall–Kier alpha value is -3.39. The molecule has 0 atom stereocenters. The fraction of sp³-hybridized carbons (Fsp3) is 0.158. The van der Waals surface area contributed by atoms with Crippen molar-refractivity contribution in [1.82, 2.24) is 0 Å². The summed E-state index contributed by atoms with van der Waals surface area (Å²) in [5.74, 6) is -1.14. The zero-order chi connectivity index (χ0) is 20.5. The molecule has 0 fully saturated rings. The maximum atomic E-state index is 11.9. The Morgan fingerprint density at radius 2 is 2.04 bits per heavy atom. The Kier molecular flexibility index (Phi) is 7.53. The molecule has 0 radical (unpaired) electrons. The van der Waals surface area contributed by atoms with Crippen LogP contribution in [-0.2, 0) is 14.3 Å². The molecular formula is C19H17ClN2O6. The zero-order valence-electron chi connectivity index (χ0n) is 14.9. The van der Waals surface area contributed by atoms with Gasteiger partial charge < -0.3 is 14.8 Å². The fourth-order valence-electron chi connectivity index (χ4n) is 2.17. The van der Waals surface area contributed by atoms with Gasteiger partial charge in [-0.25, -0.2) is 4.79 Å². The van der Waals surface area contributed by atoms with Crippen LogP contribution in [0, 0.1) is 10.1 Å². The predicted octanol–water partition coefficient (Wildman–Crippen LogP) is 3.84. The Labute approximate surface area is 165 Å². The lowest BCUT2D eigenvalue weighted by atomic mass is 10.2. The van der Waals surface area contributed by atoms with Crippen molar-refractivity contribution in [2.24, 2.45) is 0 Å². The van der Waals surface area contributed by atoms with Gasteiger partial charge in [-0.2, -0.15) is 0 Å². The molecule has 1 amide bonds. The van der Waals surface area contributed by atoms with Crippen LogP contribution in [0.2, 0.25) is 5.02 Å². The molecule has 0 aliphatic heterocycles. The molecule has 0 heterocycles. The molecular weight excluding hydrogens is 388 g/mol. The molecule has 0 saturated carbocycles. The average Bonchev–Trinajstić information content (AvgIpc) is 2.66. The maximum Gasteiger partial charge on any atom is 0.331 e. The molecule has 9 heteroatoms. The van der Waals surface area contributed by atoms with Crippen LogP contribution in [-0.4, -0.2) is 30.0 Å². The lowest BCUT2D eigenvalue weighted by Crippen LogP contribution is -2.20. The molecule has 0 aliphatic carbocycles. The first-order valence-corrected chi connectivity index (χ1v) is 8.58. The summed E-state index contributed by atoms with van der Waals surface area (Å²) in [5, 5.41) is 14.0. The van der Waals surface area contributed by atoms with Gasteiger partial charge in [0.05, 0.1) is 17.6 Å². The van der Waals surface area contributed by atoms with Crippen molar-refractivity contribution in [2.75, 3.05) is 18.5 Å². The summed E-state index contributed by atoms with van der Waals surface area (Å²) in [4.78, 5) is 34.2. The van der Waals surface area contributed by atoms with E-state index in [0.717, 1.165) is 6.08 Å². The van der Waals surface area contributed by atoms with Gasteiger partial charge in [0.15, 0.2) is 6.61 Å². The highest BCUT2D eigenvalue weighted by atomic mass is 35.5. The standard InChI is InChI=1S/C19H17ClN2O6/c1-2-27-15-7-8-16(17(11-15)22(25)26)21-18(23)12-28-19(24)9-6-13-4-3-5-14(20)10-13/h3-11H,2,12H2,1H3,(H,21,23)/b9-6+. The van der Waals surface area contributed by atoms with Crippen LogP contribution < -0.4 is 10.1 Å². The van der Waals surface area contributed by atoms with Crippen molar-refractivity contribution in [3.8, 4) is 5.75 Å². The Morgan fingerprint density at radius 3 is 2.71 bits per heavy atom. The van der Waals surface area contributed by atoms with E-state index in [0.29, 0.717) is 22.9 Å². The van der Waals surface area contributed by atoms with Crippen molar-refractivity contribution in [3.05, 3.63) is 69.2 Å². The van der Waals surface area contributed by atoms with E-state index in [9.17, 15) is 19.7 Å². The number of nitro benzene ring substituents is 1. The number of esters is 1. The predicted molar refractivity (Wildman–Crippen MR) is 104 cm³/mol. The number of hydrogen-bond acceptors (Lipinski definition) is 6. The maximum absolute atomic E-state index is 11.9. The SMILES string of the molecule is CCOc1ccc(NC(=O)COC(=O)/C=C/c2cccc(Cl)c2)c([N+](=O)[O-])c1. The zero-order valence-corrected chi connectivity index (χ0v) is 15.6. The number of rotatable bonds is 8. The van der Waals surface area contributed by atoms with Gasteiger partial charge >= 0.3 is 5.97 Å². The molecule has 0 spiro atoms. The van der Waals surface area contributed by atoms with E-state index in [2.05, 4.69) is 5.32 Å². The number of ether oxygens (including phenoxy) is 2. The second-order valence-electron chi connectivity index (χ2n) is 5.41. The molecule has 0 aliphatic rings. The van der Waals surface area contributed by atoms with E-state index < -0.39 is 23.4 Å². The number of anilines is 1. The first kappa shape index (κ1) is 20.9. The molecule has 0 bridgehead atoms. The number of nitrogens with zero attached hydrogens (tertiary/aromatic N) is 1. The molecule has 0 aromatic heterocycles. The highest BCUT2D eigenvalue weighted by Gasteiger charge is 2.18. The first-order valence-electron chi connectivity index (χ1n) is 8.20. The minimum absolute atomic E-state index is 0.0241. The molecule has 0 unspecified atom stereocenters. The summed E-state index contributed by atoms with van der Waals surface area (Å²) in [6.45, 7) is 1.50. The van der Waals surface area contributed by atoms with Crippen molar-refractivity contribution in [3.63, 3.8) is 0 Å². The minimum atomic E-state index is -0.740. The Balaban J connectivity index is 1.93. The van der Waals surface area contributed by atoms with Gasteiger partial charge in [-0.1, -0.05) is 23.7 Å². The van der Waals surface area contributed by atoms with Crippen molar-refractivity contribution >= 4 is 40.9 Å². The largest absolute Gasteiger partial charge is 0.494 e. The van der Waals surface area contributed by atoms with Crippen molar-refractivity contribution < 1.29 is 24.0 Å². The number of nitrogens with one attached hydrogen (secondary N) is 1. The topological polar surface area (TPSA) is 108 Å². The number of benzene rings is 2. The van der Waals surface area contributed by atoms with Gasteiger partial charge in [0.1, 0.15) is 11.4 Å². The van der Waals surface area contributed by atoms with Crippen LogP contribution in [0.4, 0.5) is 11.4 Å². The molecule has 0 saturated heterocycles. The van der Waals surface area contributed by atoms with Crippen LogP contribution >= 0.6 is 11.6 Å². The third kappa shape index (κ3) is 6.40. The van der Waals surface area contributed by atoms with E-state index in [1.54, 1.807) is 31.2 Å². The van der Waals surface area contributed by atoms with Gasteiger partial charge in [-0.05, 0) is 42.8 Å². The van der Waals surface area contributed by atoms with Gasteiger partial charge in [-0.3, -0.25) is 14.9 Å². The second kappa shape index (κ2) is 10.1. The summed E-state index contributed by atoms with van der Waals surface area (Å²) in [6.07, 6.45) is 2.64. The summed E-state index contributed by atoms with van der Waals surface area (Å²) in [6, 6.07) is 10.9. The van der Waals surface area contributed by atoms with Crippen molar-refractivity contribution in [1.29, 1.82) is 0 Å². The smallest absolute Gasteiger partial charge is 0.331 e. The fourth-order valence-corrected chi connectivity index (χ4v) is 2.37. The second-order valence-corrected chi connectivity index (χ2v) is 5.85. The highest BCUT2D eigenvalue weighted by Crippen LogP contribution is 2.29. The molecule has 2 aromatic carbocycles. The summed E-state index contributed by atoms with van der Waals surface area (Å²) in [5.41, 5.74) is 0.342. The number of nitro groups is 1. The average molecular weight is 405 g/mol. The van der Waals surface area contributed by atoms with E-state index in [1.807, 2.05) is 0 Å². The number of carbonyl (C=O) groups excluding carboxylic acids is 2. The summed E-state index contributed by atoms with van der Waals surface area (Å²) >= 11 is 5.84. The van der Waals surface area contributed by atoms with E-state index in [1.165, 1.54) is 24.3 Å². The molecule has 2 rings (SSSR count). The molecule has 2 aromatic rings. The van der Waals surface area contributed by atoms with Crippen molar-refractivity contribution in [2.45, 2.75) is 6.92 Å².